The third-order valence-corrected chi connectivity index (χ3v) is 9.53. The van der Waals surface area contributed by atoms with Gasteiger partial charge in [0.25, 0.3) is 0 Å². The highest BCUT2D eigenvalue weighted by Crippen LogP contribution is 2.41. The lowest BCUT2D eigenvalue weighted by Crippen LogP contribution is -1.98. The van der Waals surface area contributed by atoms with E-state index in [0.29, 0.717) is 0 Å². The summed E-state index contributed by atoms with van der Waals surface area (Å²) in [6.07, 6.45) is 0. The molecule has 218 valence electrons. The number of nitrogens with zero attached hydrogens (tertiary/aromatic N) is 3. The second-order valence-corrected chi connectivity index (χ2v) is 12.2. The largest absolute Gasteiger partial charge is 0.309 e. The van der Waals surface area contributed by atoms with Gasteiger partial charge in [-0.25, -0.2) is 9.97 Å². The Kier molecular flexibility index (Phi) is 5.57. The van der Waals surface area contributed by atoms with Crippen molar-refractivity contribution in [1.29, 1.82) is 0 Å². The van der Waals surface area contributed by atoms with Crippen LogP contribution in [0.1, 0.15) is 0 Å². The SMILES string of the molecule is c1ccc(-c2nc3ccc4ccc(-n5c6ccc7ccccc7c6c6ccc7ccccc7c65)cc4c3nc2-c2ccccc2)cc1. The lowest BCUT2D eigenvalue weighted by Gasteiger charge is -2.14. The Morgan fingerprint density at radius 2 is 0.979 bits per heavy atom. The maximum Gasteiger partial charge on any atom is 0.0973 e. The standard InChI is InChI=1S/C44H27N3/c1-3-13-31(14-4-1)41-42(32-15-5-2-6-16-32)46-43-37-27-33(23-19-30(37)21-25-38(43)45-41)47-39-26-22-28-11-7-9-17-34(28)40(39)36-24-20-29-12-8-10-18-35(29)44(36)47/h1-27H. The summed E-state index contributed by atoms with van der Waals surface area (Å²) in [5.74, 6) is 0. The van der Waals surface area contributed by atoms with Gasteiger partial charge in [0.05, 0.1) is 33.5 Å². The first-order valence-corrected chi connectivity index (χ1v) is 16.0. The topological polar surface area (TPSA) is 30.7 Å². The predicted molar refractivity (Wildman–Crippen MR) is 197 cm³/mol. The third kappa shape index (κ3) is 3.93. The van der Waals surface area contributed by atoms with E-state index in [4.69, 9.17) is 9.97 Å². The molecule has 0 atom stereocenters. The fraction of sp³-hybridized carbons (Fsp3) is 0. The zero-order valence-electron chi connectivity index (χ0n) is 25.4. The fourth-order valence-electron chi connectivity index (χ4n) is 7.38. The number of hydrogen-bond donors (Lipinski definition) is 0. The van der Waals surface area contributed by atoms with Gasteiger partial charge in [-0.1, -0.05) is 140 Å². The second-order valence-electron chi connectivity index (χ2n) is 12.2. The molecule has 0 amide bonds. The van der Waals surface area contributed by atoms with Crippen molar-refractivity contribution in [1.82, 2.24) is 14.5 Å². The Bertz CT molecular complexity index is 2830. The van der Waals surface area contributed by atoms with Crippen LogP contribution >= 0.6 is 0 Å². The van der Waals surface area contributed by atoms with Gasteiger partial charge in [0.15, 0.2) is 0 Å². The molecule has 0 fully saturated rings. The van der Waals surface area contributed by atoms with Crippen molar-refractivity contribution in [2.75, 3.05) is 0 Å². The second kappa shape index (κ2) is 10.1. The number of aromatic nitrogens is 3. The van der Waals surface area contributed by atoms with Crippen LogP contribution in [0, 0.1) is 0 Å². The molecule has 10 rings (SSSR count). The van der Waals surface area contributed by atoms with Gasteiger partial charge in [0, 0.05) is 38.4 Å². The first-order chi connectivity index (χ1) is 23.3. The van der Waals surface area contributed by atoms with Gasteiger partial charge < -0.3 is 4.57 Å². The van der Waals surface area contributed by atoms with E-state index >= 15 is 0 Å². The number of fused-ring (bicyclic) bond motifs is 10. The van der Waals surface area contributed by atoms with E-state index in [0.717, 1.165) is 50.0 Å². The van der Waals surface area contributed by atoms with Gasteiger partial charge in [-0.3, -0.25) is 0 Å². The van der Waals surface area contributed by atoms with E-state index in [1.54, 1.807) is 0 Å². The first kappa shape index (κ1) is 26.0. The zero-order valence-corrected chi connectivity index (χ0v) is 25.4. The summed E-state index contributed by atoms with van der Waals surface area (Å²) in [5.41, 5.74) is 9.18. The summed E-state index contributed by atoms with van der Waals surface area (Å²) in [5, 5.41) is 9.73. The van der Waals surface area contributed by atoms with Crippen LogP contribution in [0.4, 0.5) is 0 Å². The van der Waals surface area contributed by atoms with Gasteiger partial charge in [0.1, 0.15) is 0 Å². The van der Waals surface area contributed by atoms with Crippen molar-refractivity contribution in [3.63, 3.8) is 0 Å². The molecular weight excluding hydrogens is 571 g/mol. The summed E-state index contributed by atoms with van der Waals surface area (Å²) in [7, 11) is 0. The molecule has 47 heavy (non-hydrogen) atoms. The summed E-state index contributed by atoms with van der Waals surface area (Å²) in [6.45, 7) is 0. The van der Waals surface area contributed by atoms with Gasteiger partial charge in [-0.05, 0) is 45.8 Å². The summed E-state index contributed by atoms with van der Waals surface area (Å²) < 4.78 is 2.45. The summed E-state index contributed by atoms with van der Waals surface area (Å²) in [4.78, 5) is 10.7. The molecule has 0 unspecified atom stereocenters. The number of benzene rings is 8. The van der Waals surface area contributed by atoms with E-state index in [-0.39, 0.29) is 0 Å². The average molecular weight is 598 g/mol. The van der Waals surface area contributed by atoms with E-state index < -0.39 is 0 Å². The van der Waals surface area contributed by atoms with Gasteiger partial charge in [0.2, 0.25) is 0 Å². The van der Waals surface area contributed by atoms with Crippen LogP contribution in [-0.4, -0.2) is 14.5 Å². The van der Waals surface area contributed by atoms with E-state index in [9.17, 15) is 0 Å². The molecular formula is C44H27N3. The molecule has 3 heteroatoms. The van der Waals surface area contributed by atoms with E-state index in [1.807, 2.05) is 12.1 Å². The number of rotatable bonds is 3. The van der Waals surface area contributed by atoms with Crippen molar-refractivity contribution in [2.24, 2.45) is 0 Å². The molecule has 2 heterocycles. The minimum atomic E-state index is 0.881. The molecule has 2 aromatic heterocycles. The van der Waals surface area contributed by atoms with Crippen LogP contribution in [0.5, 0.6) is 0 Å². The van der Waals surface area contributed by atoms with Gasteiger partial charge >= 0.3 is 0 Å². The van der Waals surface area contributed by atoms with Crippen LogP contribution in [0.2, 0.25) is 0 Å². The highest BCUT2D eigenvalue weighted by atomic mass is 15.0. The van der Waals surface area contributed by atoms with Gasteiger partial charge in [-0.2, -0.15) is 0 Å². The fourth-order valence-corrected chi connectivity index (χ4v) is 7.38. The molecule has 0 N–H and O–H groups in total. The zero-order chi connectivity index (χ0) is 30.9. The van der Waals surface area contributed by atoms with Crippen LogP contribution in [0.3, 0.4) is 0 Å². The summed E-state index contributed by atoms with van der Waals surface area (Å²) >= 11 is 0. The van der Waals surface area contributed by atoms with Crippen molar-refractivity contribution >= 4 is 65.2 Å². The normalized spacial score (nSPS) is 11.8. The molecule has 0 aliphatic carbocycles. The quantitative estimate of drug-likeness (QED) is 0.190. The maximum absolute atomic E-state index is 5.42. The minimum absolute atomic E-state index is 0.881. The molecule has 0 radical (unpaired) electrons. The van der Waals surface area contributed by atoms with Crippen LogP contribution in [0.15, 0.2) is 164 Å². The lowest BCUT2D eigenvalue weighted by molar-refractivity contribution is 1.19. The maximum atomic E-state index is 5.42. The first-order valence-electron chi connectivity index (χ1n) is 16.0. The molecule has 0 aliphatic rings. The molecule has 8 aromatic carbocycles. The Morgan fingerprint density at radius 3 is 1.74 bits per heavy atom. The minimum Gasteiger partial charge on any atom is -0.309 e. The molecule has 0 bridgehead atoms. The Morgan fingerprint density at radius 1 is 0.404 bits per heavy atom. The van der Waals surface area contributed by atoms with Crippen molar-refractivity contribution in [2.45, 2.75) is 0 Å². The van der Waals surface area contributed by atoms with Crippen LogP contribution in [0.25, 0.3) is 93.4 Å². The highest BCUT2D eigenvalue weighted by Gasteiger charge is 2.19. The molecule has 10 aromatic rings. The van der Waals surface area contributed by atoms with E-state index in [1.165, 1.54) is 43.4 Å². The molecule has 0 saturated heterocycles. The monoisotopic (exact) mass is 597 g/mol. The van der Waals surface area contributed by atoms with Crippen molar-refractivity contribution in [3.8, 4) is 28.2 Å². The highest BCUT2D eigenvalue weighted by molar-refractivity contribution is 6.26. The smallest absolute Gasteiger partial charge is 0.0973 e. The summed E-state index contributed by atoms with van der Waals surface area (Å²) in [6, 6.07) is 58.3. The number of hydrogen-bond acceptors (Lipinski definition) is 2. The Hall–Kier alpha value is -6.32. The molecule has 0 saturated carbocycles. The van der Waals surface area contributed by atoms with E-state index in [2.05, 4.69) is 156 Å². The average Bonchev–Trinajstić information content (AvgIpc) is 3.50. The Balaban J connectivity index is 1.31. The van der Waals surface area contributed by atoms with Crippen LogP contribution < -0.4 is 0 Å². The van der Waals surface area contributed by atoms with Crippen molar-refractivity contribution in [3.05, 3.63) is 164 Å². The third-order valence-electron chi connectivity index (χ3n) is 9.53. The predicted octanol–water partition coefficient (Wildman–Crippen LogP) is 11.5. The Labute approximate surface area is 271 Å². The van der Waals surface area contributed by atoms with Crippen LogP contribution in [-0.2, 0) is 0 Å². The molecule has 3 nitrogen and oxygen atoms in total. The van der Waals surface area contributed by atoms with Crippen molar-refractivity contribution < 1.29 is 0 Å². The molecule has 0 aliphatic heterocycles. The van der Waals surface area contributed by atoms with Gasteiger partial charge in [-0.15, -0.1) is 0 Å². The molecule has 0 spiro atoms. The lowest BCUT2D eigenvalue weighted by atomic mass is 10.0.